The Hall–Kier alpha value is -1.02. The van der Waals surface area contributed by atoms with Crippen molar-refractivity contribution < 1.29 is 4.74 Å². The molecular weight excluding hydrogens is 210 g/mol. The second-order valence-electron chi connectivity index (χ2n) is 5.29. The average Bonchev–Trinajstić information content (AvgIpc) is 3.11. The van der Waals surface area contributed by atoms with Gasteiger partial charge in [-0.3, -0.25) is 0 Å². The Morgan fingerprint density at radius 3 is 2.76 bits per heavy atom. The van der Waals surface area contributed by atoms with Gasteiger partial charge in [0.1, 0.15) is 5.75 Å². The summed E-state index contributed by atoms with van der Waals surface area (Å²) in [5, 5.41) is 3.53. The lowest BCUT2D eigenvalue weighted by atomic mass is 10.1. The molecule has 0 unspecified atom stereocenters. The molecular formula is C15H23NO. The van der Waals surface area contributed by atoms with Crippen LogP contribution >= 0.6 is 0 Å². The number of hydrogen-bond donors (Lipinski definition) is 1. The van der Waals surface area contributed by atoms with E-state index in [1.807, 2.05) is 6.07 Å². The van der Waals surface area contributed by atoms with E-state index in [9.17, 15) is 0 Å². The molecule has 1 aliphatic rings. The van der Waals surface area contributed by atoms with Crippen LogP contribution in [0.25, 0.3) is 0 Å². The van der Waals surface area contributed by atoms with Crippen LogP contribution in [-0.2, 0) is 6.54 Å². The quantitative estimate of drug-likeness (QED) is 0.779. The molecule has 1 aliphatic carbocycles. The summed E-state index contributed by atoms with van der Waals surface area (Å²) in [5.74, 6) is 1.74. The lowest BCUT2D eigenvalue weighted by molar-refractivity contribution is 0.286. The number of rotatable bonds is 7. The molecule has 0 atom stereocenters. The monoisotopic (exact) mass is 233 g/mol. The van der Waals surface area contributed by atoms with Gasteiger partial charge >= 0.3 is 0 Å². The summed E-state index contributed by atoms with van der Waals surface area (Å²) in [5.41, 5.74) is 1.28. The van der Waals surface area contributed by atoms with Crippen molar-refractivity contribution >= 4 is 0 Å². The molecule has 1 saturated carbocycles. The van der Waals surface area contributed by atoms with Crippen LogP contribution in [0.1, 0.15) is 38.7 Å². The number of nitrogens with one attached hydrogen (secondary N) is 1. The lowest BCUT2D eigenvalue weighted by Gasteiger charge is -2.12. The van der Waals surface area contributed by atoms with E-state index in [2.05, 4.69) is 37.4 Å². The van der Waals surface area contributed by atoms with E-state index in [4.69, 9.17) is 4.74 Å². The first-order valence-electron chi connectivity index (χ1n) is 6.70. The highest BCUT2D eigenvalue weighted by molar-refractivity contribution is 5.33. The fraction of sp³-hybridized carbons (Fsp3) is 0.600. The fourth-order valence-corrected chi connectivity index (χ4v) is 1.74. The van der Waals surface area contributed by atoms with Gasteiger partial charge in [-0.2, -0.15) is 0 Å². The molecule has 0 bridgehead atoms. The van der Waals surface area contributed by atoms with Crippen LogP contribution in [-0.4, -0.2) is 12.6 Å². The first kappa shape index (κ1) is 12.4. The van der Waals surface area contributed by atoms with Crippen LogP contribution in [0.2, 0.25) is 0 Å². The summed E-state index contributed by atoms with van der Waals surface area (Å²) in [4.78, 5) is 0. The van der Waals surface area contributed by atoms with Gasteiger partial charge in [0.25, 0.3) is 0 Å². The molecule has 0 spiro atoms. The van der Waals surface area contributed by atoms with Gasteiger partial charge in [0.15, 0.2) is 0 Å². The van der Waals surface area contributed by atoms with E-state index in [1.54, 1.807) is 0 Å². The van der Waals surface area contributed by atoms with E-state index in [0.29, 0.717) is 5.92 Å². The zero-order chi connectivity index (χ0) is 12.1. The van der Waals surface area contributed by atoms with Gasteiger partial charge in [0.2, 0.25) is 0 Å². The molecule has 17 heavy (non-hydrogen) atoms. The third kappa shape index (κ3) is 4.39. The summed E-state index contributed by atoms with van der Waals surface area (Å²) >= 11 is 0. The third-order valence-electron chi connectivity index (χ3n) is 3.08. The van der Waals surface area contributed by atoms with E-state index in [1.165, 1.54) is 18.4 Å². The molecule has 0 saturated heterocycles. The Labute approximate surface area is 104 Å². The SMILES string of the molecule is CC(C)CCOc1ccccc1CNC1CC1. The van der Waals surface area contributed by atoms with E-state index in [-0.39, 0.29) is 0 Å². The Bertz CT molecular complexity index is 345. The first-order valence-corrected chi connectivity index (χ1v) is 6.70. The number of ether oxygens (including phenoxy) is 1. The van der Waals surface area contributed by atoms with Crippen LogP contribution < -0.4 is 10.1 Å². The molecule has 2 heteroatoms. The van der Waals surface area contributed by atoms with Crippen molar-refractivity contribution in [3.63, 3.8) is 0 Å². The van der Waals surface area contributed by atoms with Gasteiger partial charge in [0, 0.05) is 18.2 Å². The van der Waals surface area contributed by atoms with Gasteiger partial charge in [-0.15, -0.1) is 0 Å². The molecule has 2 rings (SSSR count). The van der Waals surface area contributed by atoms with Crippen molar-refractivity contribution in [3.8, 4) is 5.75 Å². The molecule has 94 valence electrons. The first-order chi connectivity index (χ1) is 8.25. The zero-order valence-electron chi connectivity index (χ0n) is 10.9. The minimum atomic E-state index is 0.701. The van der Waals surface area contributed by atoms with Gasteiger partial charge in [0.05, 0.1) is 6.61 Å². The van der Waals surface area contributed by atoms with Crippen LogP contribution in [0.5, 0.6) is 5.75 Å². The van der Waals surface area contributed by atoms with Crippen molar-refractivity contribution in [1.29, 1.82) is 0 Å². The maximum atomic E-state index is 5.86. The van der Waals surface area contributed by atoms with Gasteiger partial charge < -0.3 is 10.1 Å². The molecule has 1 N–H and O–H groups in total. The van der Waals surface area contributed by atoms with Crippen molar-refractivity contribution in [3.05, 3.63) is 29.8 Å². The molecule has 1 fully saturated rings. The van der Waals surface area contributed by atoms with E-state index >= 15 is 0 Å². The maximum absolute atomic E-state index is 5.86. The van der Waals surface area contributed by atoms with Gasteiger partial charge in [-0.1, -0.05) is 32.0 Å². The average molecular weight is 233 g/mol. The Kier molecular flexibility index (Phi) is 4.43. The fourth-order valence-electron chi connectivity index (χ4n) is 1.74. The molecule has 2 nitrogen and oxygen atoms in total. The smallest absolute Gasteiger partial charge is 0.123 e. The van der Waals surface area contributed by atoms with Crippen LogP contribution in [0.15, 0.2) is 24.3 Å². The highest BCUT2D eigenvalue weighted by Crippen LogP contribution is 2.22. The highest BCUT2D eigenvalue weighted by atomic mass is 16.5. The van der Waals surface area contributed by atoms with Gasteiger partial charge in [-0.05, 0) is 31.2 Å². The predicted octanol–water partition coefficient (Wildman–Crippen LogP) is 3.36. The van der Waals surface area contributed by atoms with Crippen LogP contribution in [0.3, 0.4) is 0 Å². The normalized spacial score (nSPS) is 15.2. The van der Waals surface area contributed by atoms with Crippen LogP contribution in [0, 0.1) is 5.92 Å². The third-order valence-corrected chi connectivity index (χ3v) is 3.08. The molecule has 1 aromatic rings. The van der Waals surface area contributed by atoms with E-state index in [0.717, 1.165) is 31.4 Å². The summed E-state index contributed by atoms with van der Waals surface area (Å²) in [6, 6.07) is 9.10. The van der Waals surface area contributed by atoms with E-state index < -0.39 is 0 Å². The predicted molar refractivity (Wildman–Crippen MR) is 71.3 cm³/mol. The Morgan fingerprint density at radius 2 is 2.06 bits per heavy atom. The molecule has 0 amide bonds. The largest absolute Gasteiger partial charge is 0.493 e. The molecule has 0 aromatic heterocycles. The molecule has 0 radical (unpaired) electrons. The van der Waals surface area contributed by atoms with Crippen molar-refractivity contribution in [1.82, 2.24) is 5.32 Å². The van der Waals surface area contributed by atoms with Crippen molar-refractivity contribution in [2.24, 2.45) is 5.92 Å². The standard InChI is InChI=1S/C15H23NO/c1-12(2)9-10-17-15-6-4-3-5-13(15)11-16-14-7-8-14/h3-6,12,14,16H,7-11H2,1-2H3. The minimum Gasteiger partial charge on any atom is -0.493 e. The minimum absolute atomic E-state index is 0.701. The Morgan fingerprint density at radius 1 is 1.29 bits per heavy atom. The maximum Gasteiger partial charge on any atom is 0.123 e. The van der Waals surface area contributed by atoms with Crippen molar-refractivity contribution in [2.75, 3.05) is 6.61 Å². The molecule has 0 heterocycles. The molecule has 0 aliphatic heterocycles. The lowest BCUT2D eigenvalue weighted by Crippen LogP contribution is -2.16. The summed E-state index contributed by atoms with van der Waals surface area (Å²) in [6.07, 6.45) is 3.77. The topological polar surface area (TPSA) is 21.3 Å². The molecule has 1 aromatic carbocycles. The highest BCUT2D eigenvalue weighted by Gasteiger charge is 2.20. The zero-order valence-corrected chi connectivity index (χ0v) is 10.9. The second-order valence-corrected chi connectivity index (χ2v) is 5.29. The summed E-state index contributed by atoms with van der Waals surface area (Å²) in [7, 11) is 0. The second kappa shape index (κ2) is 6.06. The van der Waals surface area contributed by atoms with Crippen LogP contribution in [0.4, 0.5) is 0 Å². The Balaban J connectivity index is 1.85. The summed E-state index contributed by atoms with van der Waals surface area (Å²) < 4.78 is 5.86. The van der Waals surface area contributed by atoms with Crippen molar-refractivity contribution in [2.45, 2.75) is 45.7 Å². The van der Waals surface area contributed by atoms with Gasteiger partial charge in [-0.25, -0.2) is 0 Å². The number of benzene rings is 1. The number of para-hydroxylation sites is 1. The number of hydrogen-bond acceptors (Lipinski definition) is 2. The summed E-state index contributed by atoms with van der Waals surface area (Å²) in [6.45, 7) is 6.20.